The highest BCUT2D eigenvalue weighted by atomic mass is 16.5. The third-order valence-electron chi connectivity index (χ3n) is 6.38. The summed E-state index contributed by atoms with van der Waals surface area (Å²) in [5.74, 6) is -0.576. The number of H-pyrrole nitrogens is 1. The molecule has 3 aromatic rings. The maximum atomic E-state index is 12.4. The second-order valence-electron chi connectivity index (χ2n) is 8.46. The Morgan fingerprint density at radius 3 is 2.52 bits per heavy atom. The Kier molecular flexibility index (Phi) is 5.97. The number of piperidine rings is 1. The fraction of sp³-hybridized carbons (Fsp3) is 0.375. The molecule has 1 aromatic carbocycles. The van der Waals surface area contributed by atoms with E-state index < -0.39 is 5.91 Å². The van der Waals surface area contributed by atoms with Crippen LogP contribution in [0.2, 0.25) is 0 Å². The predicted molar refractivity (Wildman–Crippen MR) is 126 cm³/mol. The Morgan fingerprint density at radius 2 is 1.82 bits per heavy atom. The zero-order valence-electron chi connectivity index (χ0n) is 18.4. The summed E-state index contributed by atoms with van der Waals surface area (Å²) in [4.78, 5) is 21.6. The Morgan fingerprint density at radius 1 is 1.06 bits per heavy atom. The van der Waals surface area contributed by atoms with E-state index >= 15 is 0 Å². The first-order valence-electron chi connectivity index (χ1n) is 11.3. The number of nitrogens with two attached hydrogens (primary N) is 1. The number of nitrogens with zero attached hydrogens (tertiary/aromatic N) is 4. The Labute approximate surface area is 192 Å². The molecule has 9 nitrogen and oxygen atoms in total. The van der Waals surface area contributed by atoms with Crippen molar-refractivity contribution < 1.29 is 14.6 Å². The van der Waals surface area contributed by atoms with Crippen LogP contribution >= 0.6 is 0 Å². The van der Waals surface area contributed by atoms with E-state index in [4.69, 9.17) is 10.5 Å². The number of benzene rings is 1. The van der Waals surface area contributed by atoms with Crippen LogP contribution in [0.25, 0.3) is 22.4 Å². The van der Waals surface area contributed by atoms with Gasteiger partial charge in [-0.2, -0.15) is 5.10 Å². The lowest BCUT2D eigenvalue weighted by molar-refractivity contribution is 0.0996. The summed E-state index contributed by atoms with van der Waals surface area (Å²) >= 11 is 0. The molecular weight excluding hydrogens is 420 g/mol. The highest BCUT2D eigenvalue weighted by Gasteiger charge is 2.24. The van der Waals surface area contributed by atoms with Crippen molar-refractivity contribution in [3.05, 3.63) is 48.4 Å². The van der Waals surface area contributed by atoms with Gasteiger partial charge in [0.1, 0.15) is 5.69 Å². The standard InChI is InChI=1S/C24H28N6O3/c25-24(32)23-20(3-4-21(28-23)16-14-26-27-15-16)19-2-1-17(29-9-11-33-12-10-29)13-22(19)30-7-5-18(31)6-8-30/h1-4,13-15,18,31H,5-12H2,(H2,25,32)(H,26,27). The van der Waals surface area contributed by atoms with Crippen molar-refractivity contribution in [2.45, 2.75) is 18.9 Å². The number of nitrogens with one attached hydrogen (secondary N) is 1. The third-order valence-corrected chi connectivity index (χ3v) is 6.38. The molecule has 2 aliphatic rings. The van der Waals surface area contributed by atoms with E-state index in [9.17, 15) is 9.90 Å². The lowest BCUT2D eigenvalue weighted by Gasteiger charge is -2.35. The molecule has 4 heterocycles. The number of hydrogen-bond donors (Lipinski definition) is 3. The summed E-state index contributed by atoms with van der Waals surface area (Å²) in [6, 6.07) is 10.1. The van der Waals surface area contributed by atoms with Gasteiger partial charge in [0.15, 0.2) is 0 Å². The number of hydrogen-bond acceptors (Lipinski definition) is 7. The molecule has 172 valence electrons. The first-order valence-corrected chi connectivity index (χ1v) is 11.3. The maximum absolute atomic E-state index is 12.4. The zero-order chi connectivity index (χ0) is 22.8. The fourth-order valence-electron chi connectivity index (χ4n) is 4.55. The number of carbonyl (C=O) groups is 1. The van der Waals surface area contributed by atoms with Gasteiger partial charge in [-0.05, 0) is 37.1 Å². The number of primary amides is 1. The number of ether oxygens (including phenoxy) is 1. The average Bonchev–Trinajstić information content (AvgIpc) is 3.39. The van der Waals surface area contributed by atoms with E-state index in [2.05, 4.69) is 37.1 Å². The van der Waals surface area contributed by atoms with Gasteiger partial charge in [-0.15, -0.1) is 0 Å². The average molecular weight is 449 g/mol. The quantitative estimate of drug-likeness (QED) is 0.546. The van der Waals surface area contributed by atoms with Crippen LogP contribution in [-0.2, 0) is 4.74 Å². The van der Waals surface area contributed by atoms with E-state index in [1.54, 1.807) is 12.4 Å². The van der Waals surface area contributed by atoms with Crippen LogP contribution in [0.1, 0.15) is 23.3 Å². The molecule has 0 bridgehead atoms. The van der Waals surface area contributed by atoms with Crippen molar-refractivity contribution in [1.29, 1.82) is 0 Å². The number of morpholine rings is 1. The molecule has 2 aromatic heterocycles. The molecular formula is C24H28N6O3. The minimum atomic E-state index is -0.576. The van der Waals surface area contributed by atoms with E-state index in [0.29, 0.717) is 37.3 Å². The van der Waals surface area contributed by atoms with Crippen molar-refractivity contribution in [2.24, 2.45) is 5.73 Å². The number of carbonyl (C=O) groups excluding carboxylic acids is 1. The normalized spacial score (nSPS) is 17.4. The number of anilines is 2. The Balaban J connectivity index is 1.59. The molecule has 0 unspecified atom stereocenters. The minimum absolute atomic E-state index is 0.228. The van der Waals surface area contributed by atoms with E-state index in [1.165, 1.54) is 0 Å². The lowest BCUT2D eigenvalue weighted by atomic mass is 9.97. The smallest absolute Gasteiger partial charge is 0.267 e. The Hall–Kier alpha value is -3.43. The Bertz CT molecular complexity index is 1120. The monoisotopic (exact) mass is 448 g/mol. The van der Waals surface area contributed by atoms with Crippen LogP contribution in [0.15, 0.2) is 42.7 Å². The molecule has 5 rings (SSSR count). The summed E-state index contributed by atoms with van der Waals surface area (Å²) in [5.41, 5.74) is 11.2. The number of aromatic nitrogens is 3. The van der Waals surface area contributed by atoms with Gasteiger partial charge < -0.3 is 25.4 Å². The van der Waals surface area contributed by atoms with Crippen LogP contribution in [0.3, 0.4) is 0 Å². The summed E-state index contributed by atoms with van der Waals surface area (Å²) in [7, 11) is 0. The molecule has 0 saturated carbocycles. The summed E-state index contributed by atoms with van der Waals surface area (Å²) in [6.07, 6.45) is 4.54. The number of aliphatic hydroxyl groups is 1. The largest absolute Gasteiger partial charge is 0.393 e. The van der Waals surface area contributed by atoms with E-state index in [0.717, 1.165) is 48.7 Å². The van der Waals surface area contributed by atoms with Crippen LogP contribution in [0.5, 0.6) is 0 Å². The van der Waals surface area contributed by atoms with Crippen LogP contribution in [0.4, 0.5) is 11.4 Å². The maximum Gasteiger partial charge on any atom is 0.267 e. The highest BCUT2D eigenvalue weighted by Crippen LogP contribution is 2.38. The lowest BCUT2D eigenvalue weighted by Crippen LogP contribution is -2.37. The van der Waals surface area contributed by atoms with Gasteiger partial charge in [0.05, 0.1) is 31.2 Å². The summed E-state index contributed by atoms with van der Waals surface area (Å²) in [5, 5.41) is 16.8. The van der Waals surface area contributed by atoms with Crippen LogP contribution < -0.4 is 15.5 Å². The number of aliphatic hydroxyl groups excluding tert-OH is 1. The van der Waals surface area contributed by atoms with Gasteiger partial charge in [-0.1, -0.05) is 6.07 Å². The minimum Gasteiger partial charge on any atom is -0.393 e. The first kappa shape index (κ1) is 21.4. The summed E-state index contributed by atoms with van der Waals surface area (Å²) < 4.78 is 5.51. The molecule has 0 aliphatic carbocycles. The number of pyridine rings is 1. The van der Waals surface area contributed by atoms with Gasteiger partial charge in [0.2, 0.25) is 0 Å². The molecule has 4 N–H and O–H groups in total. The number of amides is 1. The topological polar surface area (TPSA) is 121 Å². The zero-order valence-corrected chi connectivity index (χ0v) is 18.4. The van der Waals surface area contributed by atoms with Gasteiger partial charge in [0, 0.05) is 60.4 Å². The second kappa shape index (κ2) is 9.21. The third kappa shape index (κ3) is 4.42. The molecule has 0 radical (unpaired) electrons. The van der Waals surface area contributed by atoms with E-state index in [-0.39, 0.29) is 11.8 Å². The predicted octanol–water partition coefficient (Wildman–Crippen LogP) is 2.04. The molecule has 33 heavy (non-hydrogen) atoms. The van der Waals surface area contributed by atoms with Crippen LogP contribution in [0, 0.1) is 0 Å². The second-order valence-corrected chi connectivity index (χ2v) is 8.46. The molecule has 9 heteroatoms. The molecule has 0 spiro atoms. The SMILES string of the molecule is NC(=O)c1nc(-c2cn[nH]c2)ccc1-c1ccc(N2CCOCC2)cc1N1CCC(O)CC1. The fourth-order valence-corrected chi connectivity index (χ4v) is 4.55. The number of aromatic amines is 1. The van der Waals surface area contributed by atoms with Crippen molar-refractivity contribution in [1.82, 2.24) is 15.2 Å². The first-order chi connectivity index (χ1) is 16.1. The molecule has 2 fully saturated rings. The van der Waals surface area contributed by atoms with Crippen molar-refractivity contribution in [3.8, 4) is 22.4 Å². The van der Waals surface area contributed by atoms with E-state index in [1.807, 2.05) is 18.2 Å². The summed E-state index contributed by atoms with van der Waals surface area (Å²) in [6.45, 7) is 4.58. The highest BCUT2D eigenvalue weighted by molar-refractivity contribution is 6.00. The van der Waals surface area contributed by atoms with Gasteiger partial charge >= 0.3 is 0 Å². The van der Waals surface area contributed by atoms with Crippen LogP contribution in [-0.4, -0.2) is 71.7 Å². The van der Waals surface area contributed by atoms with Crippen molar-refractivity contribution in [3.63, 3.8) is 0 Å². The molecule has 2 aliphatic heterocycles. The van der Waals surface area contributed by atoms with Gasteiger partial charge in [0.25, 0.3) is 5.91 Å². The van der Waals surface area contributed by atoms with Gasteiger partial charge in [-0.3, -0.25) is 9.89 Å². The van der Waals surface area contributed by atoms with Crippen molar-refractivity contribution in [2.75, 3.05) is 49.2 Å². The van der Waals surface area contributed by atoms with Crippen molar-refractivity contribution >= 4 is 17.3 Å². The van der Waals surface area contributed by atoms with Gasteiger partial charge in [-0.25, -0.2) is 4.98 Å². The molecule has 2 saturated heterocycles. The number of rotatable bonds is 5. The molecule has 1 amide bonds. The molecule has 0 atom stereocenters.